The fraction of sp³-hybridized carbons (Fsp3) is 0.571. The number of hydrogen-bond acceptors (Lipinski definition) is 3. The lowest BCUT2D eigenvalue weighted by Crippen LogP contribution is -2.39. The Morgan fingerprint density at radius 1 is 1.31 bits per heavy atom. The predicted octanol–water partition coefficient (Wildman–Crippen LogP) is 3.34. The highest BCUT2D eigenvalue weighted by Gasteiger charge is 2.34. The second kappa shape index (κ2) is 8.75. The minimum atomic E-state index is -4.39. The van der Waals surface area contributed by atoms with E-state index in [4.69, 9.17) is 10.5 Å². The highest BCUT2D eigenvalue weighted by Crippen LogP contribution is 2.35. The van der Waals surface area contributed by atoms with E-state index in [1.54, 1.807) is 11.0 Å². The number of halogens is 3. The number of nitrogens with two attached hydrogens (primary N) is 1. The van der Waals surface area contributed by atoms with Crippen LogP contribution >= 0.6 is 0 Å². The lowest BCUT2D eigenvalue weighted by molar-refractivity contribution is -0.133. The van der Waals surface area contributed by atoms with Gasteiger partial charge in [0.2, 0.25) is 5.91 Å². The number of carbonyl (C=O) groups excluding carboxylic acids is 1. The van der Waals surface area contributed by atoms with Crippen molar-refractivity contribution in [3.8, 4) is 0 Å². The van der Waals surface area contributed by atoms with Crippen molar-refractivity contribution in [3.63, 3.8) is 0 Å². The highest BCUT2D eigenvalue weighted by molar-refractivity contribution is 5.76. The summed E-state index contributed by atoms with van der Waals surface area (Å²) in [6, 6.07) is -0.0744. The van der Waals surface area contributed by atoms with Gasteiger partial charge in [-0.05, 0) is 43.9 Å². The number of fused-ring (bicyclic) bond motifs is 3. The van der Waals surface area contributed by atoms with Crippen molar-refractivity contribution in [1.82, 2.24) is 9.47 Å². The molecule has 0 saturated carbocycles. The molecule has 5 nitrogen and oxygen atoms in total. The Morgan fingerprint density at radius 2 is 2.07 bits per heavy atom. The lowest BCUT2D eigenvalue weighted by Gasteiger charge is -2.30. The molecule has 3 rings (SSSR count). The van der Waals surface area contributed by atoms with E-state index < -0.39 is 11.7 Å². The summed E-state index contributed by atoms with van der Waals surface area (Å²) in [4.78, 5) is 14.3. The average molecular weight is 411 g/mol. The van der Waals surface area contributed by atoms with Crippen molar-refractivity contribution in [2.75, 3.05) is 19.8 Å². The van der Waals surface area contributed by atoms with Gasteiger partial charge in [0.05, 0.1) is 31.8 Å². The standard InChI is InChI=1S/C21H28F3N3O2/c1-14(25)13-29-10-7-20(28)26-8-9-27-18-6-4-3-5-16(21(22,23)24)11-17(18)15(2)19(27)12-26/h3,5,11,14H,4,6-10,12-13,25H2,1-2H3/b5-3-,16-11+. The van der Waals surface area contributed by atoms with Gasteiger partial charge in [-0.25, -0.2) is 0 Å². The molecule has 160 valence electrons. The summed E-state index contributed by atoms with van der Waals surface area (Å²) in [5, 5.41) is 0. The molecule has 1 aromatic rings. The zero-order valence-electron chi connectivity index (χ0n) is 16.9. The molecule has 1 amide bonds. The van der Waals surface area contributed by atoms with Crippen molar-refractivity contribution in [2.24, 2.45) is 5.73 Å². The Labute approximate surface area is 169 Å². The van der Waals surface area contributed by atoms with E-state index >= 15 is 0 Å². The van der Waals surface area contributed by atoms with Crippen LogP contribution in [0.1, 0.15) is 42.3 Å². The first-order chi connectivity index (χ1) is 13.7. The SMILES string of the molecule is Cc1c2c(n3c1CN(C(=O)CCOCC(C)N)CC3)CC/C=C\C(C(F)(F)F)=C/2. The Bertz CT molecular complexity index is 822. The molecule has 8 heteroatoms. The number of amides is 1. The van der Waals surface area contributed by atoms with Crippen LogP contribution in [0, 0.1) is 6.92 Å². The number of rotatable bonds is 5. The molecule has 29 heavy (non-hydrogen) atoms. The molecule has 0 bridgehead atoms. The summed E-state index contributed by atoms with van der Waals surface area (Å²) in [7, 11) is 0. The van der Waals surface area contributed by atoms with E-state index in [-0.39, 0.29) is 18.4 Å². The zero-order valence-corrected chi connectivity index (χ0v) is 16.9. The fourth-order valence-electron chi connectivity index (χ4n) is 3.91. The van der Waals surface area contributed by atoms with E-state index in [0.717, 1.165) is 23.0 Å². The largest absolute Gasteiger partial charge is 0.416 e. The van der Waals surface area contributed by atoms with Gasteiger partial charge in [0.25, 0.3) is 0 Å². The molecule has 2 heterocycles. The first-order valence-electron chi connectivity index (χ1n) is 9.96. The fourth-order valence-corrected chi connectivity index (χ4v) is 3.91. The van der Waals surface area contributed by atoms with E-state index in [2.05, 4.69) is 4.57 Å². The first kappa shape index (κ1) is 21.6. The minimum absolute atomic E-state index is 0.0119. The van der Waals surface area contributed by atoms with Crippen LogP contribution in [-0.2, 0) is 29.0 Å². The smallest absolute Gasteiger partial charge is 0.379 e. The normalized spacial score (nSPS) is 20.8. The average Bonchev–Trinajstić information content (AvgIpc) is 2.87. The quantitative estimate of drug-likeness (QED) is 0.756. The molecule has 0 radical (unpaired) electrons. The predicted molar refractivity (Wildman–Crippen MR) is 105 cm³/mol. The van der Waals surface area contributed by atoms with Crippen LogP contribution < -0.4 is 5.73 Å². The van der Waals surface area contributed by atoms with Gasteiger partial charge < -0.3 is 19.9 Å². The van der Waals surface area contributed by atoms with Crippen LogP contribution in [-0.4, -0.2) is 47.4 Å². The van der Waals surface area contributed by atoms with Gasteiger partial charge in [0.15, 0.2) is 0 Å². The van der Waals surface area contributed by atoms with Gasteiger partial charge in [-0.15, -0.1) is 0 Å². The first-order valence-corrected chi connectivity index (χ1v) is 9.96. The van der Waals surface area contributed by atoms with E-state index in [1.807, 2.05) is 13.8 Å². The number of ether oxygens (including phenoxy) is 1. The molecule has 1 aliphatic heterocycles. The van der Waals surface area contributed by atoms with Crippen LogP contribution in [0.2, 0.25) is 0 Å². The molecule has 1 aliphatic carbocycles. The summed E-state index contributed by atoms with van der Waals surface area (Å²) in [5.74, 6) is -0.0119. The third-order valence-corrected chi connectivity index (χ3v) is 5.40. The maximum Gasteiger partial charge on any atom is 0.416 e. The third kappa shape index (κ3) is 4.93. The summed E-state index contributed by atoms with van der Waals surface area (Å²) in [6.07, 6.45) is 1.13. The molecule has 2 N–H and O–H groups in total. The van der Waals surface area contributed by atoms with E-state index in [1.165, 1.54) is 6.08 Å². The molecule has 0 aromatic carbocycles. The monoisotopic (exact) mass is 411 g/mol. The van der Waals surface area contributed by atoms with Gasteiger partial charge in [0, 0.05) is 30.5 Å². The maximum absolute atomic E-state index is 13.3. The number of aromatic nitrogens is 1. The highest BCUT2D eigenvalue weighted by atomic mass is 19.4. The number of hydrogen-bond donors (Lipinski definition) is 1. The van der Waals surface area contributed by atoms with Crippen LogP contribution in [0.4, 0.5) is 13.2 Å². The topological polar surface area (TPSA) is 60.5 Å². The van der Waals surface area contributed by atoms with Crippen LogP contribution in [0.3, 0.4) is 0 Å². The van der Waals surface area contributed by atoms with E-state index in [0.29, 0.717) is 51.3 Å². The molecule has 1 atom stereocenters. The molecular formula is C21H28F3N3O2. The van der Waals surface area contributed by atoms with Crippen LogP contribution in [0.25, 0.3) is 6.08 Å². The molecule has 0 spiro atoms. The Kier molecular flexibility index (Phi) is 6.53. The van der Waals surface area contributed by atoms with Gasteiger partial charge >= 0.3 is 6.18 Å². The van der Waals surface area contributed by atoms with Crippen LogP contribution in [0.15, 0.2) is 17.7 Å². The van der Waals surface area contributed by atoms with Crippen LogP contribution in [0.5, 0.6) is 0 Å². The van der Waals surface area contributed by atoms with Gasteiger partial charge in [-0.3, -0.25) is 4.79 Å². The van der Waals surface area contributed by atoms with Gasteiger partial charge in [-0.1, -0.05) is 12.2 Å². The summed E-state index contributed by atoms with van der Waals surface area (Å²) < 4.78 is 47.5. The molecular weight excluding hydrogens is 383 g/mol. The number of alkyl halides is 3. The number of nitrogens with zero attached hydrogens (tertiary/aromatic N) is 2. The maximum atomic E-state index is 13.3. The number of allylic oxidation sites excluding steroid dienone is 3. The van der Waals surface area contributed by atoms with Crippen molar-refractivity contribution in [1.29, 1.82) is 0 Å². The molecule has 0 saturated heterocycles. The van der Waals surface area contributed by atoms with Gasteiger partial charge in [-0.2, -0.15) is 13.2 Å². The molecule has 1 aromatic heterocycles. The molecule has 2 aliphatic rings. The van der Waals surface area contributed by atoms with E-state index in [9.17, 15) is 18.0 Å². The van der Waals surface area contributed by atoms with Crippen molar-refractivity contribution in [3.05, 3.63) is 40.2 Å². The Morgan fingerprint density at radius 3 is 2.76 bits per heavy atom. The summed E-state index contributed by atoms with van der Waals surface area (Å²) in [5.41, 5.74) is 8.31. The minimum Gasteiger partial charge on any atom is -0.379 e. The lowest BCUT2D eigenvalue weighted by atomic mass is 10.0. The summed E-state index contributed by atoms with van der Waals surface area (Å²) in [6.45, 7) is 5.96. The van der Waals surface area contributed by atoms with Crippen molar-refractivity contribution in [2.45, 2.75) is 58.4 Å². The second-order valence-corrected chi connectivity index (χ2v) is 7.74. The zero-order chi connectivity index (χ0) is 21.2. The molecule has 0 fully saturated rings. The Balaban J connectivity index is 1.79. The van der Waals surface area contributed by atoms with Crippen molar-refractivity contribution >= 4 is 12.0 Å². The van der Waals surface area contributed by atoms with Gasteiger partial charge in [0.1, 0.15) is 0 Å². The second-order valence-electron chi connectivity index (χ2n) is 7.74. The third-order valence-electron chi connectivity index (χ3n) is 5.40. The summed E-state index contributed by atoms with van der Waals surface area (Å²) >= 11 is 0. The number of carbonyl (C=O) groups is 1. The van der Waals surface area contributed by atoms with Crippen molar-refractivity contribution < 1.29 is 22.7 Å². The Hall–Kier alpha value is -2.06. The molecule has 1 unspecified atom stereocenters.